The van der Waals surface area contributed by atoms with E-state index in [1.165, 1.54) is 45.4 Å². The zero-order chi connectivity index (χ0) is 11.6. The van der Waals surface area contributed by atoms with Crippen LogP contribution in [0.1, 0.15) is 25.7 Å². The Hall–Kier alpha value is -0.160. The molecule has 17 heavy (non-hydrogen) atoms. The van der Waals surface area contributed by atoms with Gasteiger partial charge in [0, 0.05) is 26.1 Å². The summed E-state index contributed by atoms with van der Waals surface area (Å²) in [6, 6.07) is 0. The van der Waals surface area contributed by atoms with Gasteiger partial charge in [0.1, 0.15) is 0 Å². The van der Waals surface area contributed by atoms with Crippen molar-refractivity contribution in [2.75, 3.05) is 52.5 Å². The van der Waals surface area contributed by atoms with Crippen LogP contribution in [0.5, 0.6) is 0 Å². The molecule has 4 nitrogen and oxygen atoms in total. The Kier molecular flexibility index (Phi) is 3.66. The average molecular weight is 240 g/mol. The molecule has 3 heterocycles. The Morgan fingerprint density at radius 2 is 1.53 bits per heavy atom. The quantitative estimate of drug-likeness (QED) is 0.732. The van der Waals surface area contributed by atoms with Gasteiger partial charge in [-0.25, -0.2) is 0 Å². The molecule has 0 saturated carbocycles. The molecule has 0 atom stereocenters. The first-order valence-electron chi connectivity index (χ1n) is 7.09. The van der Waals surface area contributed by atoms with Gasteiger partial charge in [-0.2, -0.15) is 0 Å². The molecule has 0 aliphatic carbocycles. The van der Waals surface area contributed by atoms with Gasteiger partial charge in [0.05, 0.1) is 19.8 Å². The van der Waals surface area contributed by atoms with Gasteiger partial charge in [0.2, 0.25) is 0 Å². The maximum Gasteiger partial charge on any atom is 0.182 e. The van der Waals surface area contributed by atoms with E-state index in [-0.39, 0.29) is 5.79 Å². The normalized spacial score (nSPS) is 30.4. The van der Waals surface area contributed by atoms with Crippen molar-refractivity contribution in [3.63, 3.8) is 0 Å². The van der Waals surface area contributed by atoms with E-state index in [2.05, 4.69) is 9.80 Å². The van der Waals surface area contributed by atoms with Gasteiger partial charge in [-0.1, -0.05) is 6.42 Å². The largest absolute Gasteiger partial charge is 0.346 e. The van der Waals surface area contributed by atoms with E-state index >= 15 is 0 Å². The van der Waals surface area contributed by atoms with E-state index < -0.39 is 0 Å². The lowest BCUT2D eigenvalue weighted by atomic mass is 10.1. The fourth-order valence-corrected chi connectivity index (χ4v) is 3.22. The van der Waals surface area contributed by atoms with Gasteiger partial charge in [-0.15, -0.1) is 0 Å². The molecule has 0 aromatic heterocycles. The third kappa shape index (κ3) is 2.81. The molecule has 0 N–H and O–H groups in total. The molecule has 3 aliphatic heterocycles. The number of hydrogen-bond acceptors (Lipinski definition) is 4. The van der Waals surface area contributed by atoms with Crippen LogP contribution in [0.25, 0.3) is 0 Å². The van der Waals surface area contributed by atoms with Crippen LogP contribution in [-0.4, -0.2) is 68.1 Å². The number of ether oxygens (including phenoxy) is 2. The predicted octanol–water partition coefficient (Wildman–Crippen LogP) is 0.921. The number of nitrogens with zero attached hydrogens (tertiary/aromatic N) is 2. The second kappa shape index (κ2) is 5.22. The van der Waals surface area contributed by atoms with Gasteiger partial charge in [0.15, 0.2) is 5.79 Å². The fourth-order valence-electron chi connectivity index (χ4n) is 3.22. The van der Waals surface area contributed by atoms with E-state index in [0.717, 1.165) is 32.7 Å². The van der Waals surface area contributed by atoms with Gasteiger partial charge in [-0.3, -0.25) is 4.90 Å². The lowest BCUT2D eigenvalue weighted by molar-refractivity contribution is -0.145. The van der Waals surface area contributed by atoms with E-state index in [1.54, 1.807) is 0 Å². The summed E-state index contributed by atoms with van der Waals surface area (Å²) in [5, 5.41) is 0. The standard InChI is InChI=1S/C13H24N2O2/c1-2-5-14(6-3-1)8-9-15-7-4-13(12-15)16-10-11-17-13/h1-12H2. The topological polar surface area (TPSA) is 24.9 Å². The first-order chi connectivity index (χ1) is 8.36. The molecule has 0 aromatic rings. The number of rotatable bonds is 3. The summed E-state index contributed by atoms with van der Waals surface area (Å²) in [6.45, 7) is 8.65. The van der Waals surface area contributed by atoms with Crippen molar-refractivity contribution >= 4 is 0 Å². The maximum absolute atomic E-state index is 5.75. The molecule has 0 radical (unpaired) electrons. The van der Waals surface area contributed by atoms with E-state index in [0.29, 0.717) is 0 Å². The molecule has 98 valence electrons. The SMILES string of the molecule is C1CCN(CCN2CCC3(C2)OCCO3)CC1. The highest BCUT2D eigenvalue weighted by molar-refractivity contribution is 4.87. The first-order valence-corrected chi connectivity index (χ1v) is 7.09. The summed E-state index contributed by atoms with van der Waals surface area (Å²) in [6.07, 6.45) is 5.24. The van der Waals surface area contributed by atoms with Crippen molar-refractivity contribution in [2.45, 2.75) is 31.5 Å². The number of likely N-dealkylation sites (tertiary alicyclic amines) is 2. The zero-order valence-corrected chi connectivity index (χ0v) is 10.7. The van der Waals surface area contributed by atoms with Crippen molar-refractivity contribution in [3.8, 4) is 0 Å². The summed E-state index contributed by atoms with van der Waals surface area (Å²) >= 11 is 0. The Bertz CT molecular complexity index is 248. The predicted molar refractivity (Wildman–Crippen MR) is 66.0 cm³/mol. The highest BCUT2D eigenvalue weighted by Gasteiger charge is 2.42. The monoisotopic (exact) mass is 240 g/mol. The highest BCUT2D eigenvalue weighted by atomic mass is 16.7. The van der Waals surface area contributed by atoms with Gasteiger partial charge in [-0.05, 0) is 25.9 Å². The van der Waals surface area contributed by atoms with Crippen LogP contribution in [0.4, 0.5) is 0 Å². The summed E-state index contributed by atoms with van der Waals surface area (Å²) in [4.78, 5) is 5.10. The van der Waals surface area contributed by atoms with Gasteiger partial charge >= 0.3 is 0 Å². The third-order valence-electron chi connectivity index (χ3n) is 4.27. The molecular weight excluding hydrogens is 216 g/mol. The van der Waals surface area contributed by atoms with Crippen LogP contribution >= 0.6 is 0 Å². The van der Waals surface area contributed by atoms with Crippen LogP contribution in [-0.2, 0) is 9.47 Å². The van der Waals surface area contributed by atoms with Crippen LogP contribution in [0.3, 0.4) is 0 Å². The number of piperidine rings is 1. The number of hydrogen-bond donors (Lipinski definition) is 0. The molecule has 3 fully saturated rings. The highest BCUT2D eigenvalue weighted by Crippen LogP contribution is 2.30. The van der Waals surface area contributed by atoms with Gasteiger partial charge < -0.3 is 14.4 Å². The van der Waals surface area contributed by atoms with Gasteiger partial charge in [0.25, 0.3) is 0 Å². The molecule has 3 aliphatic rings. The maximum atomic E-state index is 5.75. The molecular formula is C13H24N2O2. The van der Waals surface area contributed by atoms with E-state index in [1.807, 2.05) is 0 Å². The molecule has 0 bridgehead atoms. The molecule has 0 amide bonds. The summed E-state index contributed by atoms with van der Waals surface area (Å²) in [5.74, 6) is -0.234. The summed E-state index contributed by atoms with van der Waals surface area (Å²) < 4.78 is 11.5. The molecule has 3 rings (SSSR count). The summed E-state index contributed by atoms with van der Waals surface area (Å²) in [7, 11) is 0. The Labute approximate surface area is 104 Å². The van der Waals surface area contributed by atoms with Crippen LogP contribution in [0.15, 0.2) is 0 Å². The average Bonchev–Trinajstić information content (AvgIpc) is 2.99. The second-order valence-corrected chi connectivity index (χ2v) is 5.54. The minimum absolute atomic E-state index is 0.234. The smallest absolute Gasteiger partial charge is 0.182 e. The Balaban J connectivity index is 1.41. The van der Waals surface area contributed by atoms with E-state index in [4.69, 9.17) is 9.47 Å². The van der Waals surface area contributed by atoms with Crippen LogP contribution in [0, 0.1) is 0 Å². The molecule has 0 aromatic carbocycles. The Morgan fingerprint density at radius 1 is 0.824 bits per heavy atom. The van der Waals surface area contributed by atoms with Crippen molar-refractivity contribution < 1.29 is 9.47 Å². The molecule has 0 unspecified atom stereocenters. The van der Waals surface area contributed by atoms with Crippen molar-refractivity contribution in [2.24, 2.45) is 0 Å². The third-order valence-corrected chi connectivity index (χ3v) is 4.27. The molecule has 1 spiro atoms. The minimum Gasteiger partial charge on any atom is -0.346 e. The lowest BCUT2D eigenvalue weighted by Crippen LogP contribution is -2.39. The van der Waals surface area contributed by atoms with Crippen LogP contribution < -0.4 is 0 Å². The van der Waals surface area contributed by atoms with Crippen molar-refractivity contribution in [3.05, 3.63) is 0 Å². The zero-order valence-electron chi connectivity index (χ0n) is 10.7. The first kappa shape index (κ1) is 11.9. The van der Waals surface area contributed by atoms with Crippen molar-refractivity contribution in [1.29, 1.82) is 0 Å². The lowest BCUT2D eigenvalue weighted by Gasteiger charge is -2.29. The second-order valence-electron chi connectivity index (χ2n) is 5.54. The Morgan fingerprint density at radius 3 is 2.29 bits per heavy atom. The minimum atomic E-state index is -0.234. The van der Waals surface area contributed by atoms with Crippen LogP contribution in [0.2, 0.25) is 0 Å². The summed E-state index contributed by atoms with van der Waals surface area (Å²) in [5.41, 5.74) is 0. The molecule has 3 saturated heterocycles. The fraction of sp³-hybridized carbons (Fsp3) is 1.00. The molecule has 4 heteroatoms. The van der Waals surface area contributed by atoms with E-state index in [9.17, 15) is 0 Å². The van der Waals surface area contributed by atoms with Crippen molar-refractivity contribution in [1.82, 2.24) is 9.80 Å².